The Morgan fingerprint density at radius 3 is 2.76 bits per heavy atom. The van der Waals surface area contributed by atoms with Gasteiger partial charge in [0.25, 0.3) is 0 Å². The van der Waals surface area contributed by atoms with E-state index in [-0.39, 0.29) is 5.54 Å². The highest BCUT2D eigenvalue weighted by molar-refractivity contribution is 5.16. The van der Waals surface area contributed by atoms with Crippen LogP contribution in [0.3, 0.4) is 0 Å². The molecule has 0 aromatic carbocycles. The molecule has 1 aromatic heterocycles. The normalized spacial score (nSPS) is 15.9. The number of aromatic nitrogens is 1. The molecule has 2 rings (SSSR count). The summed E-state index contributed by atoms with van der Waals surface area (Å²) < 4.78 is 5.66. The number of pyridine rings is 1. The second-order valence-electron chi connectivity index (χ2n) is 5.83. The summed E-state index contributed by atoms with van der Waals surface area (Å²) in [5.41, 5.74) is 1.15. The van der Waals surface area contributed by atoms with Gasteiger partial charge in [-0.25, -0.2) is 4.98 Å². The molecule has 1 heterocycles. The summed E-state index contributed by atoms with van der Waals surface area (Å²) in [5.74, 6) is 1.53. The Morgan fingerprint density at radius 1 is 1.35 bits per heavy atom. The molecule has 94 valence electrons. The van der Waals surface area contributed by atoms with Gasteiger partial charge in [-0.3, -0.25) is 0 Å². The van der Waals surface area contributed by atoms with Crippen molar-refractivity contribution in [1.29, 1.82) is 0 Å². The molecule has 1 aliphatic carbocycles. The molecule has 17 heavy (non-hydrogen) atoms. The Kier molecular flexibility index (Phi) is 3.67. The van der Waals surface area contributed by atoms with Crippen LogP contribution in [0.5, 0.6) is 5.88 Å². The van der Waals surface area contributed by atoms with Crippen molar-refractivity contribution in [2.75, 3.05) is 6.61 Å². The summed E-state index contributed by atoms with van der Waals surface area (Å²) in [4.78, 5) is 4.49. The van der Waals surface area contributed by atoms with Crippen LogP contribution < -0.4 is 10.1 Å². The van der Waals surface area contributed by atoms with E-state index >= 15 is 0 Å². The first-order valence-electron chi connectivity index (χ1n) is 6.37. The van der Waals surface area contributed by atoms with E-state index < -0.39 is 0 Å². The van der Waals surface area contributed by atoms with E-state index in [9.17, 15) is 0 Å². The summed E-state index contributed by atoms with van der Waals surface area (Å²) in [7, 11) is 0. The summed E-state index contributed by atoms with van der Waals surface area (Å²) in [6.07, 6.45) is 2.62. The van der Waals surface area contributed by atoms with Crippen LogP contribution >= 0.6 is 0 Å². The number of ether oxygens (including phenoxy) is 1. The van der Waals surface area contributed by atoms with E-state index in [2.05, 4.69) is 31.1 Å². The van der Waals surface area contributed by atoms with Gasteiger partial charge in [-0.15, -0.1) is 0 Å². The third-order valence-electron chi connectivity index (χ3n) is 2.74. The standard InChI is InChI=1S/C14H22N2O/c1-14(2,3)15-9-12-5-4-6-13(16-12)17-10-11-7-8-11/h4-6,11,15H,7-10H2,1-3H3. The lowest BCUT2D eigenvalue weighted by molar-refractivity contribution is 0.287. The van der Waals surface area contributed by atoms with Crippen LogP contribution in [0.2, 0.25) is 0 Å². The maximum Gasteiger partial charge on any atom is 0.213 e. The van der Waals surface area contributed by atoms with E-state index in [0.29, 0.717) is 0 Å². The average molecular weight is 234 g/mol. The lowest BCUT2D eigenvalue weighted by Gasteiger charge is -2.20. The van der Waals surface area contributed by atoms with Crippen molar-refractivity contribution in [3.63, 3.8) is 0 Å². The highest BCUT2D eigenvalue weighted by atomic mass is 16.5. The fraction of sp³-hybridized carbons (Fsp3) is 0.643. The number of rotatable bonds is 5. The van der Waals surface area contributed by atoms with Gasteiger partial charge in [0.1, 0.15) is 0 Å². The molecule has 0 atom stereocenters. The summed E-state index contributed by atoms with van der Waals surface area (Å²) in [6.45, 7) is 8.06. The topological polar surface area (TPSA) is 34.1 Å². The monoisotopic (exact) mass is 234 g/mol. The van der Waals surface area contributed by atoms with Crippen LogP contribution in [0, 0.1) is 5.92 Å². The zero-order valence-electron chi connectivity index (χ0n) is 11.0. The van der Waals surface area contributed by atoms with Gasteiger partial charge >= 0.3 is 0 Å². The van der Waals surface area contributed by atoms with Crippen molar-refractivity contribution in [2.24, 2.45) is 5.92 Å². The molecular weight excluding hydrogens is 212 g/mol. The molecule has 1 aromatic rings. The van der Waals surface area contributed by atoms with Gasteiger partial charge in [0.05, 0.1) is 12.3 Å². The average Bonchev–Trinajstić information content (AvgIpc) is 3.07. The maximum absolute atomic E-state index is 5.66. The van der Waals surface area contributed by atoms with Gasteiger partial charge < -0.3 is 10.1 Å². The van der Waals surface area contributed by atoms with Gasteiger partial charge in [0, 0.05) is 18.2 Å². The molecule has 0 spiro atoms. The van der Waals surface area contributed by atoms with E-state index in [4.69, 9.17) is 4.74 Å². The number of nitrogens with zero attached hydrogens (tertiary/aromatic N) is 1. The van der Waals surface area contributed by atoms with E-state index in [1.165, 1.54) is 12.8 Å². The van der Waals surface area contributed by atoms with Crippen LogP contribution in [-0.2, 0) is 6.54 Å². The largest absolute Gasteiger partial charge is 0.477 e. The highest BCUT2D eigenvalue weighted by Crippen LogP contribution is 2.29. The fourth-order valence-electron chi connectivity index (χ4n) is 1.48. The van der Waals surface area contributed by atoms with E-state index in [0.717, 1.165) is 30.6 Å². The molecular formula is C14H22N2O. The molecule has 1 aliphatic rings. The quantitative estimate of drug-likeness (QED) is 0.850. The molecule has 0 bridgehead atoms. The third-order valence-corrected chi connectivity index (χ3v) is 2.74. The first kappa shape index (κ1) is 12.4. The lowest BCUT2D eigenvalue weighted by Crippen LogP contribution is -2.35. The van der Waals surface area contributed by atoms with Crippen molar-refractivity contribution in [2.45, 2.75) is 45.7 Å². The van der Waals surface area contributed by atoms with Crippen molar-refractivity contribution in [1.82, 2.24) is 10.3 Å². The molecule has 0 unspecified atom stereocenters. The lowest BCUT2D eigenvalue weighted by atomic mass is 10.1. The van der Waals surface area contributed by atoms with Crippen LogP contribution in [0.1, 0.15) is 39.3 Å². The number of hydrogen-bond acceptors (Lipinski definition) is 3. The van der Waals surface area contributed by atoms with E-state index in [1.54, 1.807) is 0 Å². The summed E-state index contributed by atoms with van der Waals surface area (Å²) in [5, 5.41) is 3.42. The molecule has 3 heteroatoms. The summed E-state index contributed by atoms with van der Waals surface area (Å²) in [6, 6.07) is 5.97. The Labute approximate surface area is 104 Å². The zero-order chi connectivity index (χ0) is 12.3. The Morgan fingerprint density at radius 2 is 2.12 bits per heavy atom. The van der Waals surface area contributed by atoms with Crippen LogP contribution in [0.15, 0.2) is 18.2 Å². The van der Waals surface area contributed by atoms with Crippen molar-refractivity contribution >= 4 is 0 Å². The minimum Gasteiger partial charge on any atom is -0.477 e. The smallest absolute Gasteiger partial charge is 0.213 e. The third kappa shape index (κ3) is 4.73. The minimum absolute atomic E-state index is 0.118. The Hall–Kier alpha value is -1.09. The zero-order valence-corrected chi connectivity index (χ0v) is 11.0. The SMILES string of the molecule is CC(C)(C)NCc1cccc(OCC2CC2)n1. The van der Waals surface area contributed by atoms with Crippen molar-refractivity contribution < 1.29 is 4.74 Å². The predicted octanol–water partition coefficient (Wildman–Crippen LogP) is 2.76. The molecule has 0 radical (unpaired) electrons. The fourth-order valence-corrected chi connectivity index (χ4v) is 1.48. The molecule has 3 nitrogen and oxygen atoms in total. The van der Waals surface area contributed by atoms with Crippen molar-refractivity contribution in [3.05, 3.63) is 23.9 Å². The molecule has 0 saturated heterocycles. The van der Waals surface area contributed by atoms with Gasteiger partial charge in [-0.2, -0.15) is 0 Å². The Balaban J connectivity index is 1.86. The van der Waals surface area contributed by atoms with Gasteiger partial charge in [-0.05, 0) is 45.6 Å². The van der Waals surface area contributed by atoms with E-state index in [1.807, 2.05) is 18.2 Å². The molecule has 0 aliphatic heterocycles. The number of nitrogens with one attached hydrogen (secondary N) is 1. The minimum atomic E-state index is 0.118. The maximum atomic E-state index is 5.66. The second kappa shape index (κ2) is 5.05. The highest BCUT2D eigenvalue weighted by Gasteiger charge is 2.22. The van der Waals surface area contributed by atoms with Crippen LogP contribution in [0.25, 0.3) is 0 Å². The molecule has 0 amide bonds. The molecule has 1 N–H and O–H groups in total. The van der Waals surface area contributed by atoms with Crippen LogP contribution in [0.4, 0.5) is 0 Å². The first-order valence-corrected chi connectivity index (χ1v) is 6.37. The number of hydrogen-bond donors (Lipinski definition) is 1. The second-order valence-corrected chi connectivity index (χ2v) is 5.83. The molecule has 1 fully saturated rings. The summed E-state index contributed by atoms with van der Waals surface area (Å²) >= 11 is 0. The van der Waals surface area contributed by atoms with Gasteiger partial charge in [0.15, 0.2) is 0 Å². The van der Waals surface area contributed by atoms with Crippen LogP contribution in [-0.4, -0.2) is 17.1 Å². The predicted molar refractivity (Wildman–Crippen MR) is 69.0 cm³/mol. The van der Waals surface area contributed by atoms with Gasteiger partial charge in [-0.1, -0.05) is 6.07 Å². The molecule has 1 saturated carbocycles. The van der Waals surface area contributed by atoms with Crippen molar-refractivity contribution in [3.8, 4) is 5.88 Å². The first-order chi connectivity index (χ1) is 8.03. The van der Waals surface area contributed by atoms with Gasteiger partial charge in [0.2, 0.25) is 5.88 Å². The Bertz CT molecular complexity index is 367.